The molecule has 130 valence electrons. The Balaban J connectivity index is 2.40. The topological polar surface area (TPSA) is 83.0 Å². The third-order valence-electron chi connectivity index (χ3n) is 4.03. The average Bonchev–Trinajstić information content (AvgIpc) is 2.90. The normalized spacial score (nSPS) is 11.7. The molecule has 0 aromatic carbocycles. The summed E-state index contributed by atoms with van der Waals surface area (Å²) in [5, 5.41) is 5.05. The fourth-order valence-corrected chi connectivity index (χ4v) is 2.50. The van der Waals surface area contributed by atoms with Gasteiger partial charge >= 0.3 is 5.97 Å². The highest BCUT2D eigenvalue weighted by molar-refractivity contribution is 6.04. The molecule has 2 aromatic rings. The molecule has 6 nitrogen and oxygen atoms in total. The van der Waals surface area contributed by atoms with Crippen molar-refractivity contribution < 1.29 is 9.53 Å². The summed E-state index contributed by atoms with van der Waals surface area (Å²) < 4.78 is 7.31. The number of rotatable bonds is 7. The third-order valence-corrected chi connectivity index (χ3v) is 4.03. The second-order valence-corrected chi connectivity index (χ2v) is 6.50. The first-order chi connectivity index (χ1) is 11.3. The van der Waals surface area contributed by atoms with Gasteiger partial charge in [-0.15, -0.1) is 0 Å². The Morgan fingerprint density at radius 1 is 1.46 bits per heavy atom. The van der Waals surface area contributed by atoms with E-state index in [1.165, 1.54) is 0 Å². The molecule has 0 amide bonds. The summed E-state index contributed by atoms with van der Waals surface area (Å²) in [6.07, 6.45) is 6.55. The lowest BCUT2D eigenvalue weighted by Gasteiger charge is -2.21. The first-order valence-corrected chi connectivity index (χ1v) is 8.29. The summed E-state index contributed by atoms with van der Waals surface area (Å²) in [5.74, 6) is -0.497. The molecule has 0 bridgehead atoms. The molecule has 2 heterocycles. The second-order valence-electron chi connectivity index (χ2n) is 6.50. The molecule has 0 saturated carbocycles. The van der Waals surface area contributed by atoms with Gasteiger partial charge in [-0.2, -0.15) is 5.10 Å². The highest BCUT2D eigenvalue weighted by Gasteiger charge is 2.25. The van der Waals surface area contributed by atoms with Crippen molar-refractivity contribution in [3.05, 3.63) is 30.1 Å². The Morgan fingerprint density at radius 3 is 2.79 bits per heavy atom. The van der Waals surface area contributed by atoms with E-state index in [1.54, 1.807) is 33.0 Å². The third kappa shape index (κ3) is 3.58. The first kappa shape index (κ1) is 18.0. The number of nitrogens with zero attached hydrogens (tertiary/aromatic N) is 3. The van der Waals surface area contributed by atoms with Gasteiger partial charge in [-0.3, -0.25) is 0 Å². The van der Waals surface area contributed by atoms with Gasteiger partial charge in [0.2, 0.25) is 0 Å². The number of hydrogen-bond donors (Lipinski definition) is 1. The van der Waals surface area contributed by atoms with Crippen LogP contribution in [0.5, 0.6) is 0 Å². The predicted molar refractivity (Wildman–Crippen MR) is 95.9 cm³/mol. The monoisotopic (exact) mass is 330 g/mol. The van der Waals surface area contributed by atoms with Gasteiger partial charge in [-0.25, -0.2) is 14.5 Å². The number of anilines is 1. The van der Waals surface area contributed by atoms with Gasteiger partial charge in [-0.05, 0) is 33.3 Å². The van der Waals surface area contributed by atoms with Crippen LogP contribution in [0.25, 0.3) is 11.0 Å². The van der Waals surface area contributed by atoms with E-state index in [4.69, 9.17) is 10.5 Å². The average molecular weight is 330 g/mol. The van der Waals surface area contributed by atoms with Crippen molar-refractivity contribution in [2.24, 2.45) is 0 Å². The van der Waals surface area contributed by atoms with E-state index in [9.17, 15) is 4.79 Å². The van der Waals surface area contributed by atoms with Gasteiger partial charge in [-0.1, -0.05) is 26.3 Å². The molecule has 2 rings (SSSR count). The van der Waals surface area contributed by atoms with Crippen LogP contribution in [-0.4, -0.2) is 26.3 Å². The number of carbonyl (C=O) groups excluding carboxylic acids is 1. The molecule has 2 N–H and O–H groups in total. The summed E-state index contributed by atoms with van der Waals surface area (Å²) in [6, 6.07) is 0. The van der Waals surface area contributed by atoms with Crippen LogP contribution < -0.4 is 5.73 Å². The summed E-state index contributed by atoms with van der Waals surface area (Å²) in [4.78, 5) is 17.1. The van der Waals surface area contributed by atoms with Crippen LogP contribution in [0, 0.1) is 6.92 Å². The van der Waals surface area contributed by atoms with E-state index in [1.807, 2.05) is 4.68 Å². The van der Waals surface area contributed by atoms with Gasteiger partial charge in [0.25, 0.3) is 0 Å². The molecule has 2 aromatic heterocycles. The molecule has 6 heteroatoms. The number of carbonyl (C=O) groups is 1. The van der Waals surface area contributed by atoms with E-state index < -0.39 is 11.6 Å². The molecule has 0 atom stereocenters. The van der Waals surface area contributed by atoms with Crippen molar-refractivity contribution >= 4 is 22.7 Å². The molecule has 0 fully saturated rings. The van der Waals surface area contributed by atoms with Crippen molar-refractivity contribution in [3.8, 4) is 0 Å². The number of nitrogens with two attached hydrogens (primary N) is 1. The quantitative estimate of drug-likeness (QED) is 0.476. The maximum absolute atomic E-state index is 12.5. The molecule has 0 unspecified atom stereocenters. The maximum Gasteiger partial charge on any atom is 0.342 e. The molecule has 24 heavy (non-hydrogen) atoms. The molecule has 0 radical (unpaired) electrons. The van der Waals surface area contributed by atoms with Crippen molar-refractivity contribution in [2.45, 2.75) is 59.1 Å². The second kappa shape index (κ2) is 7.03. The zero-order valence-electron chi connectivity index (χ0n) is 14.9. The van der Waals surface area contributed by atoms with Gasteiger partial charge < -0.3 is 10.5 Å². The van der Waals surface area contributed by atoms with E-state index in [0.29, 0.717) is 28.0 Å². The fraction of sp³-hybridized carbons (Fsp3) is 0.500. The number of nitrogen functional groups attached to an aromatic ring is 1. The molecule has 0 aliphatic rings. The van der Waals surface area contributed by atoms with Gasteiger partial charge in [0, 0.05) is 6.54 Å². The van der Waals surface area contributed by atoms with E-state index in [2.05, 4.69) is 23.6 Å². The largest absolute Gasteiger partial charge is 0.452 e. The van der Waals surface area contributed by atoms with Crippen LogP contribution >= 0.6 is 0 Å². The van der Waals surface area contributed by atoms with Crippen molar-refractivity contribution in [1.29, 1.82) is 0 Å². The predicted octanol–water partition coefficient (Wildman–Crippen LogP) is 3.63. The minimum absolute atomic E-state index is 0.297. The minimum Gasteiger partial charge on any atom is -0.452 e. The highest BCUT2D eigenvalue weighted by atomic mass is 16.6. The summed E-state index contributed by atoms with van der Waals surface area (Å²) in [6.45, 7) is 11.9. The number of fused-ring (bicyclic) bond motifs is 1. The zero-order chi connectivity index (χ0) is 17.9. The fourth-order valence-electron chi connectivity index (χ4n) is 2.50. The van der Waals surface area contributed by atoms with Crippen molar-refractivity contribution in [3.63, 3.8) is 0 Å². The summed E-state index contributed by atoms with van der Waals surface area (Å²) in [5.41, 5.74) is 7.37. The molecule has 0 saturated heterocycles. The van der Waals surface area contributed by atoms with Crippen molar-refractivity contribution in [1.82, 2.24) is 14.8 Å². The van der Waals surface area contributed by atoms with Crippen LogP contribution in [0.3, 0.4) is 0 Å². The molecule has 0 aliphatic heterocycles. The first-order valence-electron chi connectivity index (χ1n) is 8.29. The smallest absolute Gasteiger partial charge is 0.342 e. The number of unbranched alkanes of at least 4 members (excludes halogenated alkanes) is 2. The molecular weight excluding hydrogens is 304 g/mol. The number of hydrogen-bond acceptors (Lipinski definition) is 5. The number of ether oxygens (including phenoxy) is 1. The number of esters is 1. The number of pyridine rings is 1. The van der Waals surface area contributed by atoms with Crippen LogP contribution in [0.15, 0.2) is 18.9 Å². The van der Waals surface area contributed by atoms with Crippen LogP contribution in [0.4, 0.5) is 5.69 Å². The van der Waals surface area contributed by atoms with E-state index in [0.717, 1.165) is 25.8 Å². The van der Waals surface area contributed by atoms with Crippen LogP contribution in [-0.2, 0) is 11.3 Å². The lowest BCUT2D eigenvalue weighted by molar-refractivity contribution is 0.0175. The Hall–Kier alpha value is -2.37. The van der Waals surface area contributed by atoms with E-state index >= 15 is 0 Å². The Morgan fingerprint density at radius 2 is 2.17 bits per heavy atom. The van der Waals surface area contributed by atoms with Crippen LogP contribution in [0.2, 0.25) is 0 Å². The molecular formula is C18H26N4O2. The van der Waals surface area contributed by atoms with Gasteiger partial charge in [0.1, 0.15) is 11.2 Å². The molecule has 0 aliphatic carbocycles. The molecule has 0 spiro atoms. The van der Waals surface area contributed by atoms with Gasteiger partial charge in [0.15, 0.2) is 5.65 Å². The standard InChI is InChI=1S/C18H26N4O2/c1-6-8-9-10-22-16-13(11-20-22)15(19)14(12(3)21-16)17(23)24-18(4,5)7-2/h7,11H,2,6,8-10H2,1,3-5H3,(H2,19,21). The SMILES string of the molecule is C=CC(C)(C)OC(=O)c1c(C)nc2c(cnn2CCCCC)c1N. The maximum atomic E-state index is 12.5. The Labute approximate surface area is 142 Å². The Bertz CT molecular complexity index is 762. The van der Waals surface area contributed by atoms with Gasteiger partial charge in [0.05, 0.1) is 23.0 Å². The summed E-state index contributed by atoms with van der Waals surface area (Å²) >= 11 is 0. The Kier molecular flexibility index (Phi) is 5.26. The lowest BCUT2D eigenvalue weighted by atomic mass is 10.1. The number of aryl methyl sites for hydroxylation is 2. The zero-order valence-corrected chi connectivity index (χ0v) is 14.9. The lowest BCUT2D eigenvalue weighted by Crippen LogP contribution is -2.26. The highest BCUT2D eigenvalue weighted by Crippen LogP contribution is 2.28. The summed E-state index contributed by atoms with van der Waals surface area (Å²) in [7, 11) is 0. The minimum atomic E-state index is -0.769. The van der Waals surface area contributed by atoms with Crippen LogP contribution in [0.1, 0.15) is 56.1 Å². The van der Waals surface area contributed by atoms with Crippen molar-refractivity contribution in [2.75, 3.05) is 5.73 Å². The van der Waals surface area contributed by atoms with E-state index in [-0.39, 0.29) is 0 Å². The number of aromatic nitrogens is 3.